The molecule has 0 amide bonds. The SMILES string of the molecule is CC/C=C\C/C=C\C/C=C\C/C=C\CCCCCCCCC(=O)OCC(COC(=O)CCCC/C=C\C/C=C\C/C=C\CC)OC(=O)CCCCCCCCC/C=C\CCCCCCCCCC. The Bertz CT molecular complexity index is 1360. The highest BCUT2D eigenvalue weighted by atomic mass is 16.6. The van der Waals surface area contributed by atoms with E-state index < -0.39 is 6.10 Å². The minimum atomic E-state index is -0.802. The smallest absolute Gasteiger partial charge is 0.306 e. The number of unbranched alkanes of at least 4 members (excludes halogenated alkanes) is 23. The van der Waals surface area contributed by atoms with E-state index in [2.05, 4.69) is 118 Å². The van der Waals surface area contributed by atoms with E-state index in [1.807, 2.05) is 0 Å². The first-order valence-electron chi connectivity index (χ1n) is 28.2. The number of hydrogen-bond acceptors (Lipinski definition) is 6. The van der Waals surface area contributed by atoms with Crippen LogP contribution in [-0.4, -0.2) is 37.2 Å². The molecule has 0 rings (SSSR count). The van der Waals surface area contributed by atoms with Crippen molar-refractivity contribution in [3.8, 4) is 0 Å². The van der Waals surface area contributed by atoms with Gasteiger partial charge < -0.3 is 14.2 Å². The van der Waals surface area contributed by atoms with Gasteiger partial charge in [-0.1, -0.05) is 221 Å². The highest BCUT2D eigenvalue weighted by molar-refractivity contribution is 5.71. The number of ether oxygens (including phenoxy) is 3. The van der Waals surface area contributed by atoms with Gasteiger partial charge in [-0.05, 0) is 116 Å². The van der Waals surface area contributed by atoms with Gasteiger partial charge in [0, 0.05) is 19.3 Å². The first kappa shape index (κ1) is 64.3. The molecule has 0 saturated carbocycles. The fraction of sp³-hybridized carbons (Fsp3) is 0.694. The number of carbonyl (C=O) groups excluding carboxylic acids is 3. The van der Waals surface area contributed by atoms with Gasteiger partial charge in [-0.3, -0.25) is 14.4 Å². The van der Waals surface area contributed by atoms with Crippen molar-refractivity contribution in [2.24, 2.45) is 0 Å². The van der Waals surface area contributed by atoms with Crippen molar-refractivity contribution >= 4 is 17.9 Å². The molecule has 0 aromatic heterocycles. The summed E-state index contributed by atoms with van der Waals surface area (Å²) in [7, 11) is 0. The van der Waals surface area contributed by atoms with Crippen molar-refractivity contribution < 1.29 is 28.6 Å². The molecule has 0 aliphatic carbocycles. The van der Waals surface area contributed by atoms with Gasteiger partial charge in [-0.2, -0.15) is 0 Å². The minimum absolute atomic E-state index is 0.0995. The Morgan fingerprint density at radius 1 is 0.309 bits per heavy atom. The lowest BCUT2D eigenvalue weighted by molar-refractivity contribution is -0.167. The van der Waals surface area contributed by atoms with Crippen LogP contribution in [-0.2, 0) is 28.6 Å². The fourth-order valence-corrected chi connectivity index (χ4v) is 7.62. The average molecular weight is 946 g/mol. The van der Waals surface area contributed by atoms with E-state index in [1.165, 1.54) is 103 Å². The number of carbonyl (C=O) groups is 3. The van der Waals surface area contributed by atoms with Gasteiger partial charge in [-0.25, -0.2) is 0 Å². The van der Waals surface area contributed by atoms with Gasteiger partial charge in [0.2, 0.25) is 0 Å². The number of esters is 3. The van der Waals surface area contributed by atoms with E-state index in [4.69, 9.17) is 14.2 Å². The van der Waals surface area contributed by atoms with Crippen molar-refractivity contribution in [3.05, 3.63) is 97.2 Å². The monoisotopic (exact) mass is 945 g/mol. The molecule has 0 bridgehead atoms. The Morgan fingerprint density at radius 2 is 0.574 bits per heavy atom. The van der Waals surface area contributed by atoms with Gasteiger partial charge in [-0.15, -0.1) is 0 Å². The van der Waals surface area contributed by atoms with Gasteiger partial charge in [0.1, 0.15) is 13.2 Å². The molecular weight excluding hydrogens is 841 g/mol. The molecule has 0 aromatic rings. The zero-order chi connectivity index (χ0) is 49.3. The Balaban J connectivity index is 4.42. The van der Waals surface area contributed by atoms with Crippen molar-refractivity contribution in [1.29, 1.82) is 0 Å². The van der Waals surface area contributed by atoms with E-state index in [-0.39, 0.29) is 31.1 Å². The Labute approximate surface area is 419 Å². The van der Waals surface area contributed by atoms with Crippen molar-refractivity contribution in [1.82, 2.24) is 0 Å². The zero-order valence-corrected chi connectivity index (χ0v) is 44.3. The number of hydrogen-bond donors (Lipinski definition) is 0. The maximum absolute atomic E-state index is 12.8. The van der Waals surface area contributed by atoms with Crippen molar-refractivity contribution in [2.45, 2.75) is 264 Å². The molecule has 0 aromatic carbocycles. The number of allylic oxidation sites excluding steroid dienone is 16. The predicted molar refractivity (Wildman–Crippen MR) is 293 cm³/mol. The second kappa shape index (κ2) is 55.9. The second-order valence-electron chi connectivity index (χ2n) is 18.4. The Morgan fingerprint density at radius 3 is 0.941 bits per heavy atom. The third-order valence-corrected chi connectivity index (χ3v) is 11.8. The molecule has 388 valence electrons. The van der Waals surface area contributed by atoms with Crippen molar-refractivity contribution in [2.75, 3.05) is 13.2 Å². The Hall–Kier alpha value is -3.67. The molecular formula is C62H104O6. The van der Waals surface area contributed by atoms with E-state index in [0.29, 0.717) is 19.3 Å². The molecule has 0 aliphatic heterocycles. The lowest BCUT2D eigenvalue weighted by Gasteiger charge is -2.18. The normalized spacial score (nSPS) is 12.8. The van der Waals surface area contributed by atoms with Crippen LogP contribution < -0.4 is 0 Å². The van der Waals surface area contributed by atoms with E-state index in [9.17, 15) is 14.4 Å². The van der Waals surface area contributed by atoms with Gasteiger partial charge in [0.25, 0.3) is 0 Å². The standard InChI is InChI=1S/C62H104O6/c1-4-7-10-13-16-19-22-25-27-29-31-33-35-37-40-43-46-49-52-55-61(64)67-58-59(57-66-60(63)54-51-48-45-42-39-24-21-18-15-12-9-6-3)68-62(65)56-53-50-47-44-41-38-36-34-32-30-28-26-23-20-17-14-11-8-5-2/h7,9-10,12,16,18-19,21,25,27,30-33,39,42,59H,4-6,8,11,13-15,17,20,22-24,26,28-29,34-38,40-41,43-58H2,1-3H3/b10-7-,12-9-,19-16-,21-18-,27-25-,32-30-,33-31-,42-39-. The van der Waals surface area contributed by atoms with Gasteiger partial charge >= 0.3 is 17.9 Å². The van der Waals surface area contributed by atoms with Crippen LogP contribution in [0, 0.1) is 0 Å². The summed E-state index contributed by atoms with van der Waals surface area (Å²) in [6.45, 7) is 6.37. The van der Waals surface area contributed by atoms with Crippen LogP contribution >= 0.6 is 0 Å². The molecule has 0 radical (unpaired) electrons. The van der Waals surface area contributed by atoms with Crippen LogP contribution in [0.3, 0.4) is 0 Å². The summed E-state index contributed by atoms with van der Waals surface area (Å²) >= 11 is 0. The average Bonchev–Trinajstić information content (AvgIpc) is 3.34. The van der Waals surface area contributed by atoms with E-state index in [1.54, 1.807) is 0 Å². The first-order valence-corrected chi connectivity index (χ1v) is 28.2. The maximum atomic E-state index is 12.8. The van der Waals surface area contributed by atoms with Crippen LogP contribution in [0.4, 0.5) is 0 Å². The molecule has 1 atom stereocenters. The van der Waals surface area contributed by atoms with Gasteiger partial charge in [0.05, 0.1) is 0 Å². The lowest BCUT2D eigenvalue weighted by Crippen LogP contribution is -2.30. The third-order valence-electron chi connectivity index (χ3n) is 11.8. The van der Waals surface area contributed by atoms with Crippen molar-refractivity contribution in [3.63, 3.8) is 0 Å². The summed E-state index contributed by atoms with van der Waals surface area (Å²) in [5.41, 5.74) is 0. The Kier molecular flexibility index (Phi) is 52.9. The lowest BCUT2D eigenvalue weighted by atomic mass is 10.1. The summed E-state index contributed by atoms with van der Waals surface area (Å²) in [6, 6.07) is 0. The van der Waals surface area contributed by atoms with Crippen LogP contribution in [0.2, 0.25) is 0 Å². The molecule has 0 spiro atoms. The predicted octanol–water partition coefficient (Wildman–Crippen LogP) is 18.9. The third kappa shape index (κ3) is 53.3. The zero-order valence-electron chi connectivity index (χ0n) is 44.3. The van der Waals surface area contributed by atoms with Crippen LogP contribution in [0.5, 0.6) is 0 Å². The van der Waals surface area contributed by atoms with E-state index >= 15 is 0 Å². The van der Waals surface area contributed by atoms with Crippen LogP contribution in [0.25, 0.3) is 0 Å². The molecule has 0 saturated heterocycles. The number of rotatable bonds is 50. The van der Waals surface area contributed by atoms with Crippen LogP contribution in [0.15, 0.2) is 97.2 Å². The highest BCUT2D eigenvalue weighted by Gasteiger charge is 2.19. The molecule has 0 N–H and O–H groups in total. The molecule has 6 nitrogen and oxygen atoms in total. The summed E-state index contributed by atoms with van der Waals surface area (Å²) in [4.78, 5) is 38.1. The highest BCUT2D eigenvalue weighted by Crippen LogP contribution is 2.14. The summed E-state index contributed by atoms with van der Waals surface area (Å²) in [6.07, 6.45) is 74.0. The summed E-state index contributed by atoms with van der Waals surface area (Å²) < 4.78 is 16.8. The summed E-state index contributed by atoms with van der Waals surface area (Å²) in [5.74, 6) is -0.956. The van der Waals surface area contributed by atoms with Crippen LogP contribution in [0.1, 0.15) is 258 Å². The molecule has 6 heteroatoms. The summed E-state index contributed by atoms with van der Waals surface area (Å²) in [5, 5.41) is 0. The largest absolute Gasteiger partial charge is 0.462 e. The molecule has 0 aliphatic rings. The van der Waals surface area contributed by atoms with E-state index in [0.717, 1.165) is 116 Å². The fourth-order valence-electron chi connectivity index (χ4n) is 7.62. The molecule has 0 heterocycles. The molecule has 68 heavy (non-hydrogen) atoms. The molecule has 1 unspecified atom stereocenters. The van der Waals surface area contributed by atoms with Gasteiger partial charge in [0.15, 0.2) is 6.10 Å². The molecule has 0 fully saturated rings. The first-order chi connectivity index (χ1) is 33.5. The minimum Gasteiger partial charge on any atom is -0.462 e. The maximum Gasteiger partial charge on any atom is 0.306 e. The quantitative estimate of drug-likeness (QED) is 0.0262. The second-order valence-corrected chi connectivity index (χ2v) is 18.4. The topological polar surface area (TPSA) is 78.9 Å².